The highest BCUT2D eigenvalue weighted by molar-refractivity contribution is 6.02. The Hall–Kier alpha value is -4.11. The number of alkyl halides is 2. The minimum atomic E-state index is -3.63. The van der Waals surface area contributed by atoms with Crippen molar-refractivity contribution in [3.8, 4) is 0 Å². The topological polar surface area (TPSA) is 17.1 Å². The number of rotatable bonds is 6. The zero-order valence-electron chi connectivity index (χ0n) is 18.4. The molecule has 0 heterocycles. The van der Waals surface area contributed by atoms with Gasteiger partial charge in [0.2, 0.25) is 5.78 Å². The van der Waals surface area contributed by atoms with E-state index in [9.17, 15) is 4.79 Å². The number of halogens is 2. The summed E-state index contributed by atoms with van der Waals surface area (Å²) in [5.41, 5.74) is 1.19. The van der Waals surface area contributed by atoms with Gasteiger partial charge < -0.3 is 0 Å². The van der Waals surface area contributed by atoms with Gasteiger partial charge in [0.25, 0.3) is 0 Å². The number of fused-ring (bicyclic) bond motifs is 2. The molecule has 1 nitrogen and oxygen atoms in total. The molecule has 5 aromatic rings. The Morgan fingerprint density at radius 3 is 1.88 bits per heavy atom. The van der Waals surface area contributed by atoms with Gasteiger partial charge in [-0.3, -0.25) is 4.79 Å². The summed E-state index contributed by atoms with van der Waals surface area (Å²) in [7, 11) is 0. The fourth-order valence-corrected chi connectivity index (χ4v) is 4.28. The maximum Gasteiger partial charge on any atom is 0.319 e. The van der Waals surface area contributed by atoms with Crippen LogP contribution in [0.2, 0.25) is 0 Å². The van der Waals surface area contributed by atoms with Gasteiger partial charge in [-0.25, -0.2) is 0 Å². The maximum atomic E-state index is 15.8. The lowest BCUT2D eigenvalue weighted by atomic mass is 9.86. The number of carbonyl (C=O) groups excluding carboxylic acids is 1. The summed E-state index contributed by atoms with van der Waals surface area (Å²) in [5.74, 6) is -6.23. The highest BCUT2D eigenvalue weighted by Gasteiger charge is 2.46. The van der Waals surface area contributed by atoms with Crippen molar-refractivity contribution < 1.29 is 13.6 Å². The van der Waals surface area contributed by atoms with Gasteiger partial charge in [-0.15, -0.1) is 0 Å². The Bertz CT molecular complexity index is 1500. The molecule has 5 rings (SSSR count). The molecule has 0 aromatic heterocycles. The fourth-order valence-electron chi connectivity index (χ4n) is 4.28. The van der Waals surface area contributed by atoms with Gasteiger partial charge >= 0.3 is 5.92 Å². The van der Waals surface area contributed by atoms with Crippen molar-refractivity contribution in [3.05, 3.63) is 138 Å². The lowest BCUT2D eigenvalue weighted by Crippen LogP contribution is -2.35. The van der Waals surface area contributed by atoms with E-state index in [0.717, 1.165) is 27.1 Å². The van der Waals surface area contributed by atoms with Crippen LogP contribution in [-0.4, -0.2) is 11.7 Å². The largest absolute Gasteiger partial charge is 0.319 e. The molecule has 3 heteroatoms. The van der Waals surface area contributed by atoms with Gasteiger partial charge in [0.15, 0.2) is 0 Å². The quantitative estimate of drug-likeness (QED) is 0.239. The lowest BCUT2D eigenvalue weighted by molar-refractivity contribution is 0.00128. The van der Waals surface area contributed by atoms with Crippen LogP contribution in [0.4, 0.5) is 8.78 Å². The molecule has 0 amide bonds. The number of hydrogen-bond acceptors (Lipinski definition) is 1. The van der Waals surface area contributed by atoms with Crippen LogP contribution in [0.25, 0.3) is 27.6 Å². The molecule has 0 aliphatic rings. The third-order valence-electron chi connectivity index (χ3n) is 6.12. The minimum Gasteiger partial charge on any atom is -0.287 e. The van der Waals surface area contributed by atoms with Crippen molar-refractivity contribution in [2.75, 3.05) is 0 Å². The molecule has 5 aromatic carbocycles. The van der Waals surface area contributed by atoms with Crippen molar-refractivity contribution >= 4 is 33.4 Å². The zero-order chi connectivity index (χ0) is 23.5. The minimum absolute atomic E-state index is 0.00241. The zero-order valence-corrected chi connectivity index (χ0v) is 18.4. The van der Waals surface area contributed by atoms with Gasteiger partial charge in [0, 0.05) is 5.56 Å². The molecular formula is C31H22F2O. The first-order chi connectivity index (χ1) is 16.5. The van der Waals surface area contributed by atoms with Crippen molar-refractivity contribution in [2.24, 2.45) is 0 Å². The smallest absolute Gasteiger partial charge is 0.287 e. The molecular weight excluding hydrogens is 426 g/mol. The first kappa shape index (κ1) is 21.7. The van der Waals surface area contributed by atoms with E-state index >= 15 is 8.78 Å². The van der Waals surface area contributed by atoms with Crippen molar-refractivity contribution in [1.29, 1.82) is 0 Å². The Morgan fingerprint density at radius 1 is 0.647 bits per heavy atom. The summed E-state index contributed by atoms with van der Waals surface area (Å²) in [6, 6.07) is 34.3. The predicted molar refractivity (Wildman–Crippen MR) is 135 cm³/mol. The Balaban J connectivity index is 1.59. The summed E-state index contributed by atoms with van der Waals surface area (Å²) in [6.07, 6.45) is 3.13. The van der Waals surface area contributed by atoms with Crippen LogP contribution in [0.15, 0.2) is 121 Å². The van der Waals surface area contributed by atoms with Crippen LogP contribution in [0, 0.1) is 0 Å². The van der Waals surface area contributed by atoms with E-state index in [1.54, 1.807) is 36.4 Å². The van der Waals surface area contributed by atoms with Crippen molar-refractivity contribution in [2.45, 2.75) is 11.8 Å². The van der Waals surface area contributed by atoms with Gasteiger partial charge in [0.1, 0.15) is 0 Å². The third kappa shape index (κ3) is 4.25. The summed E-state index contributed by atoms with van der Waals surface area (Å²) in [5, 5.41) is 3.92. The number of hydrogen-bond donors (Lipinski definition) is 0. The maximum absolute atomic E-state index is 15.8. The van der Waals surface area contributed by atoms with Crippen LogP contribution < -0.4 is 0 Å². The number of benzene rings is 5. The molecule has 0 aliphatic carbocycles. The average molecular weight is 449 g/mol. The molecule has 0 fully saturated rings. The van der Waals surface area contributed by atoms with Gasteiger partial charge in [-0.05, 0) is 38.7 Å². The van der Waals surface area contributed by atoms with Gasteiger partial charge in [-0.2, -0.15) is 8.78 Å². The van der Waals surface area contributed by atoms with E-state index in [4.69, 9.17) is 0 Å². The predicted octanol–water partition coefficient (Wildman–Crippen LogP) is 8.31. The lowest BCUT2D eigenvalue weighted by Gasteiger charge is -2.24. The number of Topliss-reactive ketones (excluding diaryl/α,β-unsaturated/α-hetero) is 1. The first-order valence-electron chi connectivity index (χ1n) is 11.2. The Kier molecular flexibility index (Phi) is 5.77. The van der Waals surface area contributed by atoms with E-state index in [1.165, 1.54) is 18.2 Å². The van der Waals surface area contributed by atoms with Crippen LogP contribution in [-0.2, 0) is 0 Å². The average Bonchev–Trinajstić information content (AvgIpc) is 2.88. The molecule has 0 aliphatic heterocycles. The second kappa shape index (κ2) is 9.03. The first-order valence-corrected chi connectivity index (χ1v) is 11.2. The highest BCUT2D eigenvalue weighted by Crippen LogP contribution is 2.39. The van der Waals surface area contributed by atoms with Crippen LogP contribution in [0.1, 0.15) is 27.4 Å². The third-order valence-corrected chi connectivity index (χ3v) is 6.12. The molecule has 0 N–H and O–H groups in total. The summed E-state index contributed by atoms with van der Waals surface area (Å²) in [6.45, 7) is 0. The molecule has 0 radical (unpaired) electrons. The van der Waals surface area contributed by atoms with Crippen LogP contribution >= 0.6 is 0 Å². The molecule has 0 saturated heterocycles. The van der Waals surface area contributed by atoms with Gasteiger partial charge in [-0.1, -0.05) is 121 Å². The Morgan fingerprint density at radius 2 is 1.21 bits per heavy atom. The number of ketones is 1. The monoisotopic (exact) mass is 448 g/mol. The molecule has 0 saturated carbocycles. The van der Waals surface area contributed by atoms with Crippen molar-refractivity contribution in [3.63, 3.8) is 0 Å². The van der Waals surface area contributed by atoms with E-state index in [0.29, 0.717) is 5.56 Å². The van der Waals surface area contributed by atoms with Crippen LogP contribution in [0.5, 0.6) is 0 Å². The standard InChI is InChI=1S/C31H22F2O/c32-31(33,30(34)25-10-2-1-3-11-25)29(28-18-17-24-9-5-7-13-27(24)21-28)19-15-22-14-16-23-8-4-6-12-26(23)20-22/h1-21,29H/b19-15+. The molecule has 166 valence electrons. The number of allylic oxidation sites excluding steroid dienone is 1. The van der Waals surface area contributed by atoms with E-state index in [2.05, 4.69) is 0 Å². The highest BCUT2D eigenvalue weighted by atomic mass is 19.3. The fraction of sp³-hybridized carbons (Fsp3) is 0.0645. The second-order valence-electron chi connectivity index (χ2n) is 8.37. The van der Waals surface area contributed by atoms with Crippen molar-refractivity contribution in [1.82, 2.24) is 0 Å². The summed E-state index contributed by atoms with van der Waals surface area (Å²) < 4.78 is 31.6. The van der Waals surface area contributed by atoms with Gasteiger partial charge in [0.05, 0.1) is 5.92 Å². The van der Waals surface area contributed by atoms with E-state index < -0.39 is 17.6 Å². The molecule has 0 spiro atoms. The molecule has 1 atom stereocenters. The normalized spacial score (nSPS) is 12.9. The summed E-state index contributed by atoms with van der Waals surface area (Å²) >= 11 is 0. The second-order valence-corrected chi connectivity index (χ2v) is 8.37. The Labute approximate surface area is 197 Å². The molecule has 1 unspecified atom stereocenters. The van der Waals surface area contributed by atoms with E-state index in [-0.39, 0.29) is 5.56 Å². The SMILES string of the molecule is O=C(c1ccccc1)C(F)(F)C(/C=C/c1ccc2ccccc2c1)c1ccc2ccccc2c1. The molecule has 0 bridgehead atoms. The molecule has 34 heavy (non-hydrogen) atoms. The van der Waals surface area contributed by atoms with Crippen LogP contribution in [0.3, 0.4) is 0 Å². The van der Waals surface area contributed by atoms with E-state index in [1.807, 2.05) is 72.8 Å². The number of carbonyl (C=O) groups is 1. The summed E-state index contributed by atoms with van der Waals surface area (Å²) in [4.78, 5) is 12.9.